The fraction of sp³-hybridized carbons (Fsp3) is 0.556. The third kappa shape index (κ3) is 3.90. The second-order valence-corrected chi connectivity index (χ2v) is 6.58. The standard InChI is InChI=1S/C18H24N6O/c1-13-16(14(2)24(22-13)10-3-8-19)5-7-18(25)21-15-4-6-17-20-9-11-23(17)12-15/h9,11,15H,3-7,10,12H2,1-2H3,(H,21,25)/t15-/m0/s1. The number of fused-ring (bicyclic) bond motifs is 1. The highest BCUT2D eigenvalue weighted by atomic mass is 16.1. The van der Waals surface area contributed by atoms with Crippen LogP contribution in [0.25, 0.3) is 0 Å². The van der Waals surface area contributed by atoms with E-state index in [1.165, 1.54) is 0 Å². The van der Waals surface area contributed by atoms with E-state index in [1.807, 2.05) is 30.9 Å². The van der Waals surface area contributed by atoms with E-state index in [0.717, 1.165) is 42.2 Å². The van der Waals surface area contributed by atoms with Crippen LogP contribution in [0.15, 0.2) is 12.4 Å². The summed E-state index contributed by atoms with van der Waals surface area (Å²) >= 11 is 0. The van der Waals surface area contributed by atoms with E-state index in [1.54, 1.807) is 0 Å². The lowest BCUT2D eigenvalue weighted by molar-refractivity contribution is -0.122. The van der Waals surface area contributed by atoms with Crippen molar-refractivity contribution in [1.82, 2.24) is 24.6 Å². The molecule has 2 aromatic heterocycles. The number of nitrogens with one attached hydrogen (secondary N) is 1. The molecule has 25 heavy (non-hydrogen) atoms. The summed E-state index contributed by atoms with van der Waals surface area (Å²) in [5.41, 5.74) is 3.12. The van der Waals surface area contributed by atoms with E-state index < -0.39 is 0 Å². The number of hydrogen-bond acceptors (Lipinski definition) is 4. The van der Waals surface area contributed by atoms with Crippen molar-refractivity contribution in [3.05, 3.63) is 35.2 Å². The van der Waals surface area contributed by atoms with Crippen molar-refractivity contribution in [2.75, 3.05) is 0 Å². The maximum Gasteiger partial charge on any atom is 0.220 e. The van der Waals surface area contributed by atoms with Crippen LogP contribution in [-0.4, -0.2) is 31.3 Å². The molecule has 3 heterocycles. The zero-order valence-electron chi connectivity index (χ0n) is 14.8. The SMILES string of the molecule is Cc1nn(CCC#N)c(C)c1CCC(=O)N[C@H]1CCc2nccn2C1. The molecule has 1 N–H and O–H groups in total. The van der Waals surface area contributed by atoms with Crippen molar-refractivity contribution >= 4 is 5.91 Å². The predicted molar refractivity (Wildman–Crippen MR) is 92.7 cm³/mol. The zero-order valence-corrected chi connectivity index (χ0v) is 14.8. The normalized spacial score (nSPS) is 16.3. The van der Waals surface area contributed by atoms with Crippen molar-refractivity contribution in [3.8, 4) is 6.07 Å². The largest absolute Gasteiger partial charge is 0.352 e. The van der Waals surface area contributed by atoms with Crippen LogP contribution >= 0.6 is 0 Å². The molecule has 0 saturated heterocycles. The lowest BCUT2D eigenvalue weighted by Crippen LogP contribution is -2.41. The first-order chi connectivity index (χ1) is 12.1. The molecule has 1 aliphatic heterocycles. The average molecular weight is 340 g/mol. The molecule has 1 atom stereocenters. The highest BCUT2D eigenvalue weighted by molar-refractivity contribution is 5.76. The number of rotatable bonds is 6. The van der Waals surface area contributed by atoms with Crippen LogP contribution in [0.5, 0.6) is 0 Å². The molecule has 0 aliphatic carbocycles. The van der Waals surface area contributed by atoms with Crippen molar-refractivity contribution in [2.45, 2.75) is 65.1 Å². The Morgan fingerprint density at radius 1 is 1.48 bits per heavy atom. The number of amides is 1. The first-order valence-electron chi connectivity index (χ1n) is 8.77. The molecule has 0 bridgehead atoms. The molecule has 2 aromatic rings. The van der Waals surface area contributed by atoms with Crippen LogP contribution in [0, 0.1) is 25.2 Å². The Morgan fingerprint density at radius 3 is 3.12 bits per heavy atom. The van der Waals surface area contributed by atoms with Gasteiger partial charge in [0.1, 0.15) is 5.82 Å². The van der Waals surface area contributed by atoms with E-state index in [-0.39, 0.29) is 11.9 Å². The lowest BCUT2D eigenvalue weighted by Gasteiger charge is -2.24. The van der Waals surface area contributed by atoms with Gasteiger partial charge in [0.2, 0.25) is 5.91 Å². The van der Waals surface area contributed by atoms with Crippen LogP contribution in [0.1, 0.15) is 42.0 Å². The highest BCUT2D eigenvalue weighted by Gasteiger charge is 2.20. The summed E-state index contributed by atoms with van der Waals surface area (Å²) in [4.78, 5) is 16.6. The summed E-state index contributed by atoms with van der Waals surface area (Å²) in [7, 11) is 0. The minimum atomic E-state index is 0.0807. The number of nitrogens with zero attached hydrogens (tertiary/aromatic N) is 5. The first-order valence-corrected chi connectivity index (χ1v) is 8.77. The number of hydrogen-bond donors (Lipinski definition) is 1. The molecule has 7 nitrogen and oxygen atoms in total. The minimum Gasteiger partial charge on any atom is -0.352 e. The van der Waals surface area contributed by atoms with Crippen molar-refractivity contribution < 1.29 is 4.79 Å². The van der Waals surface area contributed by atoms with E-state index in [9.17, 15) is 4.79 Å². The quantitative estimate of drug-likeness (QED) is 0.866. The molecular weight excluding hydrogens is 316 g/mol. The number of carbonyl (C=O) groups excluding carboxylic acids is 1. The Balaban J connectivity index is 1.53. The Hall–Kier alpha value is -2.62. The average Bonchev–Trinajstić information content (AvgIpc) is 3.15. The van der Waals surface area contributed by atoms with E-state index in [4.69, 9.17) is 5.26 Å². The van der Waals surface area contributed by atoms with Gasteiger partial charge in [0.25, 0.3) is 0 Å². The molecule has 7 heteroatoms. The smallest absolute Gasteiger partial charge is 0.220 e. The molecule has 0 unspecified atom stereocenters. The Kier molecular flexibility index (Phi) is 5.17. The van der Waals surface area contributed by atoms with Gasteiger partial charge in [-0.2, -0.15) is 10.4 Å². The molecule has 132 valence electrons. The molecule has 0 aromatic carbocycles. The van der Waals surface area contributed by atoms with Crippen LogP contribution in [0.2, 0.25) is 0 Å². The summed E-state index contributed by atoms with van der Waals surface area (Å²) in [6.45, 7) is 5.37. The van der Waals surface area contributed by atoms with E-state index >= 15 is 0 Å². The van der Waals surface area contributed by atoms with Gasteiger partial charge in [-0.25, -0.2) is 4.98 Å². The summed E-state index contributed by atoms with van der Waals surface area (Å²) < 4.78 is 3.98. The molecule has 0 fully saturated rings. The topological polar surface area (TPSA) is 88.5 Å². The molecular formula is C18H24N6O. The van der Waals surface area contributed by atoms with Gasteiger partial charge < -0.3 is 9.88 Å². The molecule has 3 rings (SSSR count). The first kappa shape index (κ1) is 17.2. The molecule has 0 radical (unpaired) electrons. The summed E-state index contributed by atoms with van der Waals surface area (Å²) in [6.07, 6.45) is 7.21. The molecule has 0 saturated carbocycles. The van der Waals surface area contributed by atoms with Gasteiger partial charge in [-0.1, -0.05) is 0 Å². The maximum atomic E-state index is 12.3. The van der Waals surface area contributed by atoms with Gasteiger partial charge in [0, 0.05) is 43.5 Å². The minimum absolute atomic E-state index is 0.0807. The van der Waals surface area contributed by atoms with Crippen molar-refractivity contribution in [2.24, 2.45) is 0 Å². The van der Waals surface area contributed by atoms with Crippen molar-refractivity contribution in [1.29, 1.82) is 5.26 Å². The van der Waals surface area contributed by atoms with Gasteiger partial charge in [0.15, 0.2) is 0 Å². The number of aryl methyl sites for hydroxylation is 3. The summed E-state index contributed by atoms with van der Waals surface area (Å²) in [5.74, 6) is 1.18. The second kappa shape index (κ2) is 7.51. The number of aromatic nitrogens is 4. The Bertz CT molecular complexity index is 797. The third-order valence-corrected chi connectivity index (χ3v) is 4.87. The second-order valence-electron chi connectivity index (χ2n) is 6.58. The molecule has 1 aliphatic rings. The summed E-state index contributed by atoms with van der Waals surface area (Å²) in [6, 6.07) is 2.32. The van der Waals surface area contributed by atoms with Crippen LogP contribution in [0.4, 0.5) is 0 Å². The summed E-state index contributed by atoms with van der Waals surface area (Å²) in [5, 5.41) is 16.4. The zero-order chi connectivity index (χ0) is 17.8. The molecule has 1 amide bonds. The lowest BCUT2D eigenvalue weighted by atomic mass is 10.1. The predicted octanol–water partition coefficient (Wildman–Crippen LogP) is 1.67. The Morgan fingerprint density at radius 2 is 2.32 bits per heavy atom. The fourth-order valence-electron chi connectivity index (χ4n) is 3.49. The van der Waals surface area contributed by atoms with Crippen LogP contribution in [0.3, 0.4) is 0 Å². The van der Waals surface area contributed by atoms with Gasteiger partial charge in [0.05, 0.1) is 24.7 Å². The maximum absolute atomic E-state index is 12.3. The van der Waals surface area contributed by atoms with Crippen molar-refractivity contribution in [3.63, 3.8) is 0 Å². The molecule has 0 spiro atoms. The number of carbonyl (C=O) groups is 1. The highest BCUT2D eigenvalue weighted by Crippen LogP contribution is 2.16. The number of imidazole rings is 1. The van der Waals surface area contributed by atoms with Crippen LogP contribution in [-0.2, 0) is 30.7 Å². The van der Waals surface area contributed by atoms with Gasteiger partial charge >= 0.3 is 0 Å². The fourth-order valence-corrected chi connectivity index (χ4v) is 3.49. The van der Waals surface area contributed by atoms with E-state index in [0.29, 0.717) is 25.8 Å². The third-order valence-electron chi connectivity index (χ3n) is 4.87. The monoisotopic (exact) mass is 340 g/mol. The Labute approximate surface area is 147 Å². The van der Waals surface area contributed by atoms with E-state index in [2.05, 4.69) is 26.0 Å². The number of nitriles is 1. The van der Waals surface area contributed by atoms with Gasteiger partial charge in [-0.05, 0) is 32.3 Å². The van der Waals surface area contributed by atoms with Gasteiger partial charge in [-0.3, -0.25) is 9.48 Å². The van der Waals surface area contributed by atoms with Gasteiger partial charge in [-0.15, -0.1) is 0 Å². The van der Waals surface area contributed by atoms with Crippen LogP contribution < -0.4 is 5.32 Å².